The normalized spacial score (nSPS) is 27.3. The Morgan fingerprint density at radius 3 is 2.67 bits per heavy atom. The van der Waals surface area contributed by atoms with Crippen molar-refractivity contribution in [2.45, 2.75) is 96.6 Å². The predicted octanol–water partition coefficient (Wildman–Crippen LogP) is 4.68. The first-order chi connectivity index (χ1) is 14.0. The highest BCUT2D eigenvalue weighted by atomic mass is 16.6. The second-order valence-corrected chi connectivity index (χ2v) is 10.4. The fourth-order valence-corrected chi connectivity index (χ4v) is 5.01. The molecule has 5 nitrogen and oxygen atoms in total. The summed E-state index contributed by atoms with van der Waals surface area (Å²) in [5.41, 5.74) is 8.63. The van der Waals surface area contributed by atoms with E-state index in [4.69, 9.17) is 15.2 Å². The number of fused-ring (bicyclic) bond motifs is 4. The van der Waals surface area contributed by atoms with Gasteiger partial charge in [-0.15, -0.1) is 0 Å². The Bertz CT molecular complexity index is 797. The number of benzene rings is 1. The summed E-state index contributed by atoms with van der Waals surface area (Å²) in [4.78, 5) is 24.6. The van der Waals surface area contributed by atoms with E-state index in [0.717, 1.165) is 12.8 Å². The van der Waals surface area contributed by atoms with E-state index < -0.39 is 17.5 Å². The van der Waals surface area contributed by atoms with E-state index in [1.807, 2.05) is 32.9 Å². The molecule has 166 valence electrons. The van der Waals surface area contributed by atoms with Crippen LogP contribution in [-0.2, 0) is 26.2 Å². The summed E-state index contributed by atoms with van der Waals surface area (Å²) in [6.45, 7) is 9.40. The van der Waals surface area contributed by atoms with Crippen LogP contribution in [0.25, 0.3) is 0 Å². The molecule has 1 aromatic rings. The topological polar surface area (TPSA) is 78.6 Å². The molecule has 5 heteroatoms. The third kappa shape index (κ3) is 5.05. The highest BCUT2D eigenvalue weighted by Gasteiger charge is 2.43. The maximum absolute atomic E-state index is 12.5. The van der Waals surface area contributed by atoms with Gasteiger partial charge in [0.2, 0.25) is 0 Å². The third-order valence-electron chi connectivity index (χ3n) is 6.71. The van der Waals surface area contributed by atoms with Crippen molar-refractivity contribution in [2.75, 3.05) is 0 Å². The predicted molar refractivity (Wildman–Crippen MR) is 117 cm³/mol. The Hall–Kier alpha value is -1.88. The van der Waals surface area contributed by atoms with E-state index >= 15 is 0 Å². The van der Waals surface area contributed by atoms with Crippen molar-refractivity contribution in [3.63, 3.8) is 0 Å². The smallest absolute Gasteiger partial charge is 0.312 e. The van der Waals surface area contributed by atoms with Crippen LogP contribution in [0.5, 0.6) is 5.75 Å². The van der Waals surface area contributed by atoms with Crippen molar-refractivity contribution in [2.24, 2.45) is 17.6 Å². The molecule has 2 bridgehead atoms. The number of nitrogens with two attached hydrogens (primary N) is 1. The molecular weight excluding hydrogens is 378 g/mol. The molecular formula is C25H37NO4. The SMILES string of the molecule is C[C@H](CC(=O)Oc1ccc2c(c1)[C@@]1(C)CCCCC[C@@H](C2)[C@@H]1N)C(=O)OC(C)(C)C. The van der Waals surface area contributed by atoms with Crippen LogP contribution in [0.15, 0.2) is 18.2 Å². The number of hydrogen-bond donors (Lipinski definition) is 1. The quantitative estimate of drug-likeness (QED) is 0.570. The van der Waals surface area contributed by atoms with Gasteiger partial charge in [-0.05, 0) is 69.2 Å². The molecule has 0 radical (unpaired) electrons. The molecule has 1 aromatic carbocycles. The van der Waals surface area contributed by atoms with Gasteiger partial charge in [0.25, 0.3) is 0 Å². The third-order valence-corrected chi connectivity index (χ3v) is 6.71. The van der Waals surface area contributed by atoms with Crippen LogP contribution in [0.3, 0.4) is 0 Å². The Labute approximate surface area is 180 Å². The van der Waals surface area contributed by atoms with Gasteiger partial charge < -0.3 is 15.2 Å². The van der Waals surface area contributed by atoms with Crippen LogP contribution in [-0.4, -0.2) is 23.6 Å². The average Bonchev–Trinajstić information content (AvgIpc) is 2.64. The summed E-state index contributed by atoms with van der Waals surface area (Å²) < 4.78 is 11.0. The molecule has 0 unspecified atom stereocenters. The Morgan fingerprint density at radius 2 is 1.97 bits per heavy atom. The monoisotopic (exact) mass is 415 g/mol. The van der Waals surface area contributed by atoms with Crippen LogP contribution in [0.4, 0.5) is 0 Å². The summed E-state index contributed by atoms with van der Waals surface area (Å²) in [5.74, 6) is -0.306. The zero-order valence-electron chi connectivity index (χ0n) is 19.1. The molecule has 30 heavy (non-hydrogen) atoms. The van der Waals surface area contributed by atoms with Gasteiger partial charge in [-0.2, -0.15) is 0 Å². The molecule has 2 aliphatic carbocycles. The van der Waals surface area contributed by atoms with Gasteiger partial charge >= 0.3 is 11.9 Å². The van der Waals surface area contributed by atoms with Crippen LogP contribution >= 0.6 is 0 Å². The molecule has 3 rings (SSSR count). The van der Waals surface area contributed by atoms with E-state index in [2.05, 4.69) is 13.0 Å². The highest BCUT2D eigenvalue weighted by Crippen LogP contribution is 2.46. The second-order valence-electron chi connectivity index (χ2n) is 10.4. The lowest BCUT2D eigenvalue weighted by molar-refractivity contribution is -0.161. The molecule has 4 atom stereocenters. The lowest BCUT2D eigenvalue weighted by atomic mass is 9.60. The Kier molecular flexibility index (Phi) is 6.61. The van der Waals surface area contributed by atoms with E-state index in [1.165, 1.54) is 36.8 Å². The van der Waals surface area contributed by atoms with Crippen molar-refractivity contribution in [1.29, 1.82) is 0 Å². The molecule has 1 fully saturated rings. The fourth-order valence-electron chi connectivity index (χ4n) is 5.01. The Balaban J connectivity index is 1.73. The van der Waals surface area contributed by atoms with Gasteiger partial charge in [0.15, 0.2) is 0 Å². The molecule has 1 saturated carbocycles. The molecule has 0 saturated heterocycles. The maximum atomic E-state index is 12.5. The van der Waals surface area contributed by atoms with Crippen LogP contribution in [0.2, 0.25) is 0 Å². The first-order valence-electron chi connectivity index (χ1n) is 11.3. The van der Waals surface area contributed by atoms with Gasteiger partial charge in [0, 0.05) is 11.5 Å². The Morgan fingerprint density at radius 1 is 1.23 bits per heavy atom. The molecule has 2 N–H and O–H groups in total. The van der Waals surface area contributed by atoms with Crippen molar-refractivity contribution >= 4 is 11.9 Å². The number of ether oxygens (including phenoxy) is 2. The molecule has 0 aromatic heterocycles. The largest absolute Gasteiger partial charge is 0.460 e. The van der Waals surface area contributed by atoms with Gasteiger partial charge in [0.05, 0.1) is 12.3 Å². The minimum atomic E-state index is -0.572. The minimum Gasteiger partial charge on any atom is -0.460 e. The standard InChI is InChI=1S/C25H37NO4/c1-16(23(28)30-24(2,3)4)13-21(27)29-19-11-10-17-14-18-9-7-6-8-12-25(5,22(18)26)20(17)15-19/h10-11,15-16,18,22H,6-9,12-14,26H2,1-5H3/t16-,18+,22+,25-/m1/s1. The minimum absolute atomic E-state index is 0.00907. The van der Waals surface area contributed by atoms with Crippen LogP contribution in [0.1, 0.15) is 84.3 Å². The summed E-state index contributed by atoms with van der Waals surface area (Å²) in [6, 6.07) is 6.09. The number of hydrogen-bond acceptors (Lipinski definition) is 5. The zero-order chi connectivity index (χ0) is 22.1. The summed E-state index contributed by atoms with van der Waals surface area (Å²) in [5, 5.41) is 0. The molecule has 0 amide bonds. The van der Waals surface area contributed by atoms with Crippen LogP contribution in [0, 0.1) is 11.8 Å². The van der Waals surface area contributed by atoms with Crippen molar-refractivity contribution in [1.82, 2.24) is 0 Å². The van der Waals surface area contributed by atoms with Gasteiger partial charge in [-0.3, -0.25) is 9.59 Å². The van der Waals surface area contributed by atoms with E-state index in [0.29, 0.717) is 11.7 Å². The van der Waals surface area contributed by atoms with E-state index in [9.17, 15) is 9.59 Å². The van der Waals surface area contributed by atoms with Crippen molar-refractivity contribution in [3.05, 3.63) is 29.3 Å². The van der Waals surface area contributed by atoms with E-state index in [1.54, 1.807) is 6.92 Å². The molecule has 0 aliphatic heterocycles. The summed E-state index contributed by atoms with van der Waals surface area (Å²) in [7, 11) is 0. The number of carbonyl (C=O) groups is 2. The lowest BCUT2D eigenvalue weighted by Gasteiger charge is -2.47. The first kappa shape index (κ1) is 22.8. The van der Waals surface area contributed by atoms with E-state index in [-0.39, 0.29) is 23.8 Å². The zero-order valence-corrected chi connectivity index (χ0v) is 19.1. The van der Waals surface area contributed by atoms with Gasteiger partial charge in [0.1, 0.15) is 11.4 Å². The van der Waals surface area contributed by atoms with Gasteiger partial charge in [-0.1, -0.05) is 39.2 Å². The molecule has 2 aliphatic rings. The lowest BCUT2D eigenvalue weighted by Crippen LogP contribution is -2.52. The highest BCUT2D eigenvalue weighted by molar-refractivity contribution is 5.81. The fraction of sp³-hybridized carbons (Fsp3) is 0.680. The summed E-state index contributed by atoms with van der Waals surface area (Å²) >= 11 is 0. The summed E-state index contributed by atoms with van der Waals surface area (Å²) in [6.07, 6.45) is 6.93. The second kappa shape index (κ2) is 8.70. The van der Waals surface area contributed by atoms with Crippen LogP contribution < -0.4 is 10.5 Å². The maximum Gasteiger partial charge on any atom is 0.312 e. The number of rotatable bonds is 4. The number of carbonyl (C=O) groups excluding carboxylic acids is 2. The van der Waals surface area contributed by atoms with Gasteiger partial charge in [-0.25, -0.2) is 0 Å². The van der Waals surface area contributed by atoms with Crippen molar-refractivity contribution < 1.29 is 19.1 Å². The molecule has 0 spiro atoms. The van der Waals surface area contributed by atoms with Crippen molar-refractivity contribution in [3.8, 4) is 5.75 Å². The number of esters is 2. The average molecular weight is 416 g/mol. The molecule has 0 heterocycles. The first-order valence-corrected chi connectivity index (χ1v) is 11.3.